The lowest BCUT2D eigenvalue weighted by atomic mass is 10.2. The van der Waals surface area contributed by atoms with Gasteiger partial charge in [0, 0.05) is 30.3 Å². The fourth-order valence-electron chi connectivity index (χ4n) is 3.53. The number of thioether (sulfide) groups is 1. The van der Waals surface area contributed by atoms with Gasteiger partial charge in [0.05, 0.1) is 23.6 Å². The topological polar surface area (TPSA) is 84.4 Å². The molecular weight excluding hydrogens is 432 g/mol. The Balaban J connectivity index is 1.35. The van der Waals surface area contributed by atoms with E-state index in [1.165, 1.54) is 28.9 Å². The fourth-order valence-corrected chi connectivity index (χ4v) is 5.80. The number of aromatic nitrogens is 2. The largest absolute Gasteiger partial charge is 0.379 e. The second kappa shape index (κ2) is 8.74. The summed E-state index contributed by atoms with van der Waals surface area (Å²) in [6.45, 7) is 1.66. The average Bonchev–Trinajstić information content (AvgIpc) is 3.63. The van der Waals surface area contributed by atoms with Gasteiger partial charge in [-0.15, -0.1) is 0 Å². The summed E-state index contributed by atoms with van der Waals surface area (Å²) in [5.74, 6) is 1.47. The zero-order valence-electron chi connectivity index (χ0n) is 17.0. The molecule has 0 amide bonds. The van der Waals surface area contributed by atoms with Gasteiger partial charge >= 0.3 is 0 Å². The van der Waals surface area contributed by atoms with E-state index >= 15 is 0 Å². The third-order valence-electron chi connectivity index (χ3n) is 5.38. The number of sulfonamides is 1. The van der Waals surface area contributed by atoms with Crippen LogP contribution in [0.5, 0.6) is 0 Å². The number of benzene rings is 2. The van der Waals surface area contributed by atoms with Crippen molar-refractivity contribution in [2.24, 2.45) is 0 Å². The molecule has 0 bridgehead atoms. The van der Waals surface area contributed by atoms with Crippen molar-refractivity contribution in [2.75, 3.05) is 31.6 Å². The van der Waals surface area contributed by atoms with Crippen LogP contribution in [0, 0.1) is 0 Å². The second-order valence-electron chi connectivity index (χ2n) is 7.74. The number of nitrogens with zero attached hydrogens (tertiary/aromatic N) is 3. The molecule has 2 aromatic carbocycles. The molecule has 0 unspecified atom stereocenters. The monoisotopic (exact) mass is 456 g/mol. The summed E-state index contributed by atoms with van der Waals surface area (Å²) in [5, 5.41) is 5.21. The van der Waals surface area contributed by atoms with Gasteiger partial charge in [-0.25, -0.2) is 18.4 Å². The highest BCUT2D eigenvalue weighted by atomic mass is 32.2. The maximum absolute atomic E-state index is 12.9. The van der Waals surface area contributed by atoms with Crippen molar-refractivity contribution in [3.05, 3.63) is 54.1 Å². The Hall–Kier alpha value is -2.20. The maximum Gasteiger partial charge on any atom is 0.243 e. The Morgan fingerprint density at radius 2 is 1.87 bits per heavy atom. The van der Waals surface area contributed by atoms with E-state index in [-0.39, 0.29) is 0 Å². The molecule has 0 atom stereocenters. The third-order valence-corrected chi connectivity index (χ3v) is 8.19. The molecule has 9 heteroatoms. The highest BCUT2D eigenvalue weighted by Gasteiger charge is 2.26. The summed E-state index contributed by atoms with van der Waals surface area (Å²) in [6.07, 6.45) is 2.34. The lowest BCUT2D eigenvalue weighted by molar-refractivity contribution is 0.0730. The molecule has 1 aliphatic carbocycles. The number of morpholine rings is 1. The van der Waals surface area contributed by atoms with Crippen molar-refractivity contribution >= 4 is 38.5 Å². The van der Waals surface area contributed by atoms with E-state index in [0.717, 1.165) is 22.3 Å². The summed E-state index contributed by atoms with van der Waals surface area (Å²) in [5.41, 5.74) is 1.83. The molecule has 2 fully saturated rings. The zero-order valence-corrected chi connectivity index (χ0v) is 18.7. The number of para-hydroxylation sites is 1. The van der Waals surface area contributed by atoms with Crippen molar-refractivity contribution in [2.45, 2.75) is 34.7 Å². The molecule has 5 rings (SSSR count). The van der Waals surface area contributed by atoms with Gasteiger partial charge in [0.2, 0.25) is 10.0 Å². The Bertz CT molecular complexity index is 1190. The molecule has 1 N–H and O–H groups in total. The third kappa shape index (κ3) is 4.69. The first-order valence-corrected chi connectivity index (χ1v) is 12.9. The number of hydrogen-bond acceptors (Lipinski definition) is 7. The predicted octanol–water partition coefficient (Wildman–Crippen LogP) is 3.52. The molecule has 7 nitrogen and oxygen atoms in total. The van der Waals surface area contributed by atoms with Crippen molar-refractivity contribution in [1.29, 1.82) is 0 Å². The molecule has 0 radical (unpaired) electrons. The summed E-state index contributed by atoms with van der Waals surface area (Å²) >= 11 is 1.51. The van der Waals surface area contributed by atoms with Gasteiger partial charge in [0.25, 0.3) is 0 Å². The summed E-state index contributed by atoms with van der Waals surface area (Å²) in [7, 11) is -3.51. The van der Waals surface area contributed by atoms with Crippen LogP contribution < -0.4 is 5.32 Å². The van der Waals surface area contributed by atoms with Gasteiger partial charge in [-0.3, -0.25) is 0 Å². The number of rotatable bonds is 7. The van der Waals surface area contributed by atoms with Gasteiger partial charge in [-0.2, -0.15) is 4.31 Å². The molecule has 1 aliphatic heterocycles. The summed E-state index contributed by atoms with van der Waals surface area (Å²) in [6, 6.07) is 15.6. The Kier molecular flexibility index (Phi) is 5.83. The molecule has 2 aliphatic rings. The maximum atomic E-state index is 12.9. The minimum Gasteiger partial charge on any atom is -0.379 e. The average molecular weight is 457 g/mol. The molecule has 2 heterocycles. The van der Waals surface area contributed by atoms with Gasteiger partial charge in [0.1, 0.15) is 5.82 Å². The summed E-state index contributed by atoms with van der Waals surface area (Å²) in [4.78, 5) is 9.76. The standard InChI is InChI=1S/C22H24N4O3S2/c27-31(28,26-10-12-29-13-11-26)18-5-3-4-16(14-18)15-30-22-24-20-7-2-1-6-19(20)21(25-22)23-17-8-9-17/h1-7,14,17H,8-13,15H2,(H,23,24,25). The molecule has 162 valence electrons. The minimum absolute atomic E-state index is 0.322. The van der Waals surface area contributed by atoms with Crippen LogP contribution in [0.4, 0.5) is 5.82 Å². The molecule has 1 saturated carbocycles. The predicted molar refractivity (Wildman–Crippen MR) is 122 cm³/mol. The van der Waals surface area contributed by atoms with Crippen LogP contribution >= 0.6 is 11.8 Å². The number of nitrogens with one attached hydrogen (secondary N) is 1. The van der Waals surface area contributed by atoms with Crippen LogP contribution in [-0.2, 0) is 20.5 Å². The normalized spacial score (nSPS) is 17.7. The Morgan fingerprint density at radius 1 is 1.06 bits per heavy atom. The van der Waals surface area contributed by atoms with E-state index in [2.05, 4.69) is 5.32 Å². The molecule has 31 heavy (non-hydrogen) atoms. The molecule has 0 spiro atoms. The van der Waals surface area contributed by atoms with Crippen LogP contribution in [0.25, 0.3) is 10.9 Å². The lowest BCUT2D eigenvalue weighted by Gasteiger charge is -2.26. The van der Waals surface area contributed by atoms with Gasteiger partial charge in [0.15, 0.2) is 5.16 Å². The van der Waals surface area contributed by atoms with Gasteiger partial charge < -0.3 is 10.1 Å². The first kappa shape index (κ1) is 20.7. The highest BCUT2D eigenvalue weighted by Crippen LogP contribution is 2.31. The first-order valence-electron chi connectivity index (χ1n) is 10.4. The molecule has 3 aromatic rings. The second-order valence-corrected chi connectivity index (χ2v) is 10.6. The smallest absolute Gasteiger partial charge is 0.243 e. The van der Waals surface area contributed by atoms with E-state index in [4.69, 9.17) is 14.7 Å². The number of fused-ring (bicyclic) bond motifs is 1. The van der Waals surface area contributed by atoms with E-state index in [1.807, 2.05) is 30.3 Å². The molecule has 1 aromatic heterocycles. The Labute approximate surface area is 186 Å². The van der Waals surface area contributed by atoms with Crippen LogP contribution in [0.3, 0.4) is 0 Å². The number of hydrogen-bond donors (Lipinski definition) is 1. The molecular formula is C22H24N4O3S2. The number of ether oxygens (including phenoxy) is 1. The van der Waals surface area contributed by atoms with Crippen LogP contribution in [0.15, 0.2) is 58.6 Å². The van der Waals surface area contributed by atoms with Crippen LogP contribution in [0.2, 0.25) is 0 Å². The lowest BCUT2D eigenvalue weighted by Crippen LogP contribution is -2.40. The fraction of sp³-hybridized carbons (Fsp3) is 0.364. The van der Waals surface area contributed by atoms with E-state index in [9.17, 15) is 8.42 Å². The van der Waals surface area contributed by atoms with Crippen molar-refractivity contribution < 1.29 is 13.2 Å². The van der Waals surface area contributed by atoms with Crippen LogP contribution in [-0.4, -0.2) is 55.0 Å². The highest BCUT2D eigenvalue weighted by molar-refractivity contribution is 7.98. The van der Waals surface area contributed by atoms with Gasteiger partial charge in [-0.1, -0.05) is 36.0 Å². The Morgan fingerprint density at radius 3 is 2.68 bits per heavy atom. The quantitative estimate of drug-likeness (QED) is 0.430. The van der Waals surface area contributed by atoms with Crippen molar-refractivity contribution in [1.82, 2.24) is 14.3 Å². The van der Waals surface area contributed by atoms with E-state index in [1.54, 1.807) is 18.2 Å². The number of anilines is 1. The first-order chi connectivity index (χ1) is 15.1. The molecule has 1 saturated heterocycles. The summed E-state index contributed by atoms with van der Waals surface area (Å²) < 4.78 is 32.7. The van der Waals surface area contributed by atoms with Crippen molar-refractivity contribution in [3.63, 3.8) is 0 Å². The van der Waals surface area contributed by atoms with E-state index < -0.39 is 10.0 Å². The minimum atomic E-state index is -3.51. The van der Waals surface area contributed by atoms with Crippen molar-refractivity contribution in [3.8, 4) is 0 Å². The van der Waals surface area contributed by atoms with E-state index in [0.29, 0.717) is 48.1 Å². The van der Waals surface area contributed by atoms with Gasteiger partial charge in [-0.05, 0) is 42.7 Å². The SMILES string of the molecule is O=S(=O)(c1cccc(CSc2nc(NC3CC3)c3ccccc3n2)c1)N1CCOCC1. The van der Waals surface area contributed by atoms with Crippen LogP contribution in [0.1, 0.15) is 18.4 Å². The zero-order chi connectivity index (χ0) is 21.3.